The fourth-order valence-corrected chi connectivity index (χ4v) is 15.8. The van der Waals surface area contributed by atoms with E-state index in [1.807, 2.05) is 88.7 Å². The Kier molecular flexibility index (Phi) is 39.6. The van der Waals surface area contributed by atoms with Gasteiger partial charge in [0.2, 0.25) is 0 Å². The van der Waals surface area contributed by atoms with Crippen molar-refractivity contribution in [2.24, 2.45) is 0 Å². The van der Waals surface area contributed by atoms with Crippen molar-refractivity contribution >= 4 is 310 Å². The zero-order chi connectivity index (χ0) is 93.8. The maximum absolute atomic E-state index is 12.8. The molecule has 16 aromatic rings. The van der Waals surface area contributed by atoms with Gasteiger partial charge in [-0.1, -0.05) is 132 Å². The van der Waals surface area contributed by atoms with Gasteiger partial charge in [-0.05, 0) is 306 Å². The van der Waals surface area contributed by atoms with E-state index < -0.39 is 41.8 Å². The summed E-state index contributed by atoms with van der Waals surface area (Å²) in [5, 5.41) is 55.0. The summed E-state index contributed by atoms with van der Waals surface area (Å²) in [4.78, 5) is 160. The SMILES string of the molecule is CCN(CC)CCNC(=O)c1cccc2c(=O)c3ccc(I)cc3[nH]c12.CI.CI.COC(=O)c1cccc2c(=O)c3ccc(I)cc3[nH]c12.COC(=O)c1cccc2c(=O)c3ccccc3[nH]c12.Nc1cccc(I)c1.O=C(O)c1cccc(C(=O)O)c1I.O=C(O)c1cccc(C(=O)O)c1Nc1cccc(I)c1.O=C(O)c1cccc2c(=O)c3ccccc3[nH]c12. The van der Waals surface area contributed by atoms with Gasteiger partial charge in [-0.3, -0.25) is 24.0 Å². The van der Waals surface area contributed by atoms with Gasteiger partial charge in [0.1, 0.15) is 0 Å². The number of amides is 1. The second kappa shape index (κ2) is 49.5. The Morgan fingerprint density at radius 2 is 0.664 bits per heavy atom. The van der Waals surface area contributed by atoms with Crippen LogP contribution in [0.5, 0.6) is 0 Å². The molecule has 658 valence electrons. The van der Waals surface area contributed by atoms with E-state index in [0.29, 0.717) is 111 Å². The molecule has 12 aromatic carbocycles. The third kappa shape index (κ3) is 26.1. The number of hydrogen-bond donors (Lipinski definition) is 12. The molecule has 128 heavy (non-hydrogen) atoms. The molecule has 0 fully saturated rings. The number of nitrogens with two attached hydrogens (primary N) is 1. The predicted molar refractivity (Wildman–Crippen MR) is 563 cm³/mol. The zero-order valence-electron chi connectivity index (χ0n) is 68.5. The van der Waals surface area contributed by atoms with Gasteiger partial charge in [0.15, 0.2) is 21.7 Å². The second-order valence-electron chi connectivity index (χ2n) is 26.6. The van der Waals surface area contributed by atoms with Crippen LogP contribution < -0.4 is 38.1 Å². The smallest absolute Gasteiger partial charge is 0.339 e. The number of fused-ring (bicyclic) bond motifs is 8. The molecule has 13 N–H and O–H groups in total. The first-order valence-electron chi connectivity index (χ1n) is 38.0. The van der Waals surface area contributed by atoms with Crippen LogP contribution in [0.1, 0.15) is 96.7 Å². The second-order valence-corrected chi connectivity index (χ2v) is 32.6. The van der Waals surface area contributed by atoms with E-state index in [4.69, 9.17) is 30.5 Å². The van der Waals surface area contributed by atoms with Crippen LogP contribution in [0.4, 0.5) is 17.1 Å². The van der Waals surface area contributed by atoms with Gasteiger partial charge in [0.25, 0.3) is 5.91 Å². The molecule has 0 spiro atoms. The number of halogens is 7. The van der Waals surface area contributed by atoms with Gasteiger partial charge in [-0.2, -0.15) is 0 Å². The molecule has 0 saturated carbocycles. The number of carboxylic acids is 5. The summed E-state index contributed by atoms with van der Waals surface area (Å²) in [5.41, 5.74) is 12.6. The highest BCUT2D eigenvalue weighted by atomic mass is 127. The number of alkyl halides is 2. The molecule has 4 heterocycles. The topological polar surface area (TPSA) is 441 Å². The molecule has 0 aliphatic carbocycles. The Labute approximate surface area is 825 Å². The first-order chi connectivity index (χ1) is 61.4. The Morgan fingerprint density at radius 3 is 1.04 bits per heavy atom. The van der Waals surface area contributed by atoms with Gasteiger partial charge < -0.3 is 76.2 Å². The predicted octanol–water partition coefficient (Wildman–Crippen LogP) is 20.4. The lowest BCUT2D eigenvalue weighted by atomic mass is 10.1. The maximum Gasteiger partial charge on any atom is 0.339 e. The number of rotatable bonds is 15. The van der Waals surface area contributed by atoms with E-state index in [0.717, 1.165) is 41.5 Å². The van der Waals surface area contributed by atoms with Crippen LogP contribution in [0.25, 0.3) is 87.2 Å². The first-order valence-corrected chi connectivity index (χ1v) is 47.7. The summed E-state index contributed by atoms with van der Waals surface area (Å²) in [7, 11) is 2.64. The van der Waals surface area contributed by atoms with Gasteiger partial charge in [0.05, 0.1) is 97.5 Å². The van der Waals surface area contributed by atoms with Crippen LogP contribution >= 0.6 is 158 Å². The maximum atomic E-state index is 12.8. The number of carbonyl (C=O) groups is 8. The number of ether oxygens (including phenoxy) is 2. The highest BCUT2D eigenvalue weighted by Gasteiger charge is 2.22. The fraction of sp³-hybridized carbons (Fsp3) is 0.106. The van der Waals surface area contributed by atoms with Crippen LogP contribution in [0.15, 0.2) is 262 Å². The molecular formula is C94H79I7N8O19. The number of pyridine rings is 4. The number of aromatic carboxylic acids is 5. The average Bonchev–Trinajstić information content (AvgIpc) is 0.768. The van der Waals surface area contributed by atoms with E-state index in [1.165, 1.54) is 60.3 Å². The molecule has 0 unspecified atom stereocenters. The molecule has 0 saturated heterocycles. The lowest BCUT2D eigenvalue weighted by molar-refractivity contribution is 0.0594. The van der Waals surface area contributed by atoms with Crippen molar-refractivity contribution in [3.05, 3.63) is 346 Å². The van der Waals surface area contributed by atoms with E-state index in [-0.39, 0.29) is 64.7 Å². The number of benzene rings is 12. The van der Waals surface area contributed by atoms with E-state index in [2.05, 4.69) is 185 Å². The minimum Gasteiger partial charge on any atom is -0.478 e. The summed E-state index contributed by atoms with van der Waals surface area (Å²) in [6, 6.07) is 68.8. The molecule has 0 aliphatic heterocycles. The highest BCUT2D eigenvalue weighted by molar-refractivity contribution is 14.1. The normalized spacial score (nSPS) is 10.4. The zero-order valence-corrected chi connectivity index (χ0v) is 83.6. The number of esters is 2. The number of hydrogen-bond acceptors (Lipinski definition) is 17. The van der Waals surface area contributed by atoms with Crippen LogP contribution in [0.2, 0.25) is 0 Å². The molecular weight excluding hydrogens is 2430 g/mol. The largest absolute Gasteiger partial charge is 0.478 e. The van der Waals surface area contributed by atoms with Gasteiger partial charge >= 0.3 is 41.8 Å². The molecule has 16 rings (SSSR count). The van der Waals surface area contributed by atoms with Crippen molar-refractivity contribution in [2.75, 3.05) is 61.3 Å². The number of nitrogens with one attached hydrogen (secondary N) is 6. The van der Waals surface area contributed by atoms with Crippen molar-refractivity contribution in [1.29, 1.82) is 0 Å². The number of likely N-dealkylation sites (N-methyl/N-ethyl adjacent to an activating group) is 1. The first kappa shape index (κ1) is 102. The number of aromatic amines is 4. The third-order valence-electron chi connectivity index (χ3n) is 18.9. The van der Waals surface area contributed by atoms with Crippen molar-refractivity contribution in [2.45, 2.75) is 13.8 Å². The number of methoxy groups -OCH3 is 2. The molecule has 0 atom stereocenters. The minimum absolute atomic E-state index is 0.0144. The summed E-state index contributed by atoms with van der Waals surface area (Å²) in [6.07, 6.45) is 0. The summed E-state index contributed by atoms with van der Waals surface area (Å²) >= 11 is 14.7. The molecule has 27 nitrogen and oxygen atoms in total. The van der Waals surface area contributed by atoms with Gasteiger partial charge in [-0.25, -0.2) is 33.6 Å². The monoisotopic (exact) mass is 2510 g/mol. The number of para-hydroxylation sites is 7. The Morgan fingerprint density at radius 1 is 0.352 bits per heavy atom. The molecule has 1 amide bonds. The minimum atomic E-state index is -1.18. The van der Waals surface area contributed by atoms with E-state index in [1.54, 1.807) is 144 Å². The summed E-state index contributed by atoms with van der Waals surface area (Å²) < 4.78 is 13.9. The summed E-state index contributed by atoms with van der Waals surface area (Å²) in [5.74, 6) is -6.73. The Balaban J connectivity index is 0.000000186. The highest BCUT2D eigenvalue weighted by Crippen LogP contribution is 2.29. The lowest BCUT2D eigenvalue weighted by Crippen LogP contribution is -2.35. The third-order valence-corrected chi connectivity index (χ3v) is 22.7. The molecule has 0 radical (unpaired) electrons. The van der Waals surface area contributed by atoms with E-state index in [9.17, 15) is 67.7 Å². The van der Waals surface area contributed by atoms with Gasteiger partial charge in [-0.15, -0.1) is 0 Å². The van der Waals surface area contributed by atoms with E-state index >= 15 is 0 Å². The number of anilines is 3. The van der Waals surface area contributed by atoms with Gasteiger partial charge in [0, 0.05) is 96.4 Å². The number of nitrogens with zero attached hydrogens (tertiary/aromatic N) is 1. The molecule has 0 bridgehead atoms. The fourth-order valence-electron chi connectivity index (χ4n) is 12.9. The van der Waals surface area contributed by atoms with Crippen molar-refractivity contribution in [3.8, 4) is 0 Å². The van der Waals surface area contributed by atoms with Crippen LogP contribution in [-0.4, -0.2) is 148 Å². The molecule has 0 aliphatic rings. The van der Waals surface area contributed by atoms with Crippen LogP contribution in [0.3, 0.4) is 0 Å². The van der Waals surface area contributed by atoms with Crippen molar-refractivity contribution < 1.29 is 73.4 Å². The Hall–Kier alpha value is -11.1. The quantitative estimate of drug-likeness (QED) is 0.0149. The number of carboxylic acid groups (broad SMARTS) is 5. The van der Waals surface area contributed by atoms with Crippen molar-refractivity contribution in [1.82, 2.24) is 30.2 Å². The lowest BCUT2D eigenvalue weighted by Gasteiger charge is -2.18. The average molecular weight is 2510 g/mol. The standard InChI is InChI=1S/C20H22IN3O2.C15H10INO3.C15H11NO3.C14H10INO4.C14H9NO3.C8H5IO4.C6H6IN.2CH3I/c1-3-24(4-2)11-10-22-20(26)16-7-5-6-15-18(16)23-17-12-13(21)8-9-14(17)19(15)25;1-20-15(19)11-4-2-3-10-13(11)17-12-7-8(16)5-6-9(12)14(10)18;1-19-15(18)11-7-4-6-10-13(11)16-12-8-3-2-5-9(12)14(10)17;15-8-3-1-4-9(7-8)16-12-10(13(17)18)5-2-6-11(12)14(19)20;16-13-8-4-1-2-7-11(8)15-12-9(13)5-3-6-10(12)14(17)18;9-6-4(7(10)11)2-1-3-5(6)8(12)13;7-5-2-1-3-6(8)4-5;2*1-2/h5-9,12H,3-4,10-11H2,1-2H3,(H,22,26)(H,23,25);2-7H,1H3,(H,17,18);2-8H,1H3,(H,16,17);1-7,16H,(H,17,18)(H,19,20);1-7H,(H,15,16)(H,17,18);1-3H,(H,10,11)(H,12,13);1-4H,8H2;2*1H3. The molecule has 34 heteroatoms. The Bertz CT molecular complexity index is 7040. The summed E-state index contributed by atoms with van der Waals surface area (Å²) in [6.45, 7) is 7.51. The van der Waals surface area contributed by atoms with Crippen molar-refractivity contribution in [3.63, 3.8) is 0 Å². The number of aromatic nitrogens is 4. The van der Waals surface area contributed by atoms with Crippen LogP contribution in [-0.2, 0) is 9.47 Å². The number of H-pyrrole nitrogens is 4. The number of carbonyl (C=O) groups excluding carboxylic acids is 3. The number of nitrogen functional groups attached to an aromatic ring is 1. The van der Waals surface area contributed by atoms with Crippen LogP contribution in [0, 0.1) is 17.9 Å². The molecule has 4 aromatic heterocycles.